The van der Waals surface area contributed by atoms with Crippen molar-refractivity contribution in [1.29, 1.82) is 0 Å². The van der Waals surface area contributed by atoms with Crippen molar-refractivity contribution in [2.24, 2.45) is 11.3 Å². The van der Waals surface area contributed by atoms with E-state index in [0.717, 1.165) is 38.8 Å². The van der Waals surface area contributed by atoms with Crippen LogP contribution in [0.25, 0.3) is 10.2 Å². The fourth-order valence-corrected chi connectivity index (χ4v) is 7.24. The zero-order valence-electron chi connectivity index (χ0n) is 20.1. The van der Waals surface area contributed by atoms with Crippen molar-refractivity contribution in [3.63, 3.8) is 0 Å². The number of nitrogens with one attached hydrogen (secondary N) is 1. The molecule has 182 valence electrons. The van der Waals surface area contributed by atoms with Crippen LogP contribution in [-0.4, -0.2) is 48.4 Å². The maximum absolute atomic E-state index is 12.6. The average Bonchev–Trinajstić information content (AvgIpc) is 3.16. The minimum absolute atomic E-state index is 0.170. The van der Waals surface area contributed by atoms with E-state index in [9.17, 15) is 13.2 Å². The van der Waals surface area contributed by atoms with E-state index in [-0.39, 0.29) is 22.0 Å². The normalized spacial score (nSPS) is 16.6. The Labute approximate surface area is 209 Å². The first kappa shape index (κ1) is 25.1. The second-order valence-corrected chi connectivity index (χ2v) is 14.0. The first-order chi connectivity index (χ1) is 16.0. The molecule has 0 saturated carbocycles. The van der Waals surface area contributed by atoms with Gasteiger partial charge in [0.1, 0.15) is 16.2 Å². The van der Waals surface area contributed by atoms with Gasteiger partial charge >= 0.3 is 0 Å². The maximum atomic E-state index is 12.6. The number of aryl methyl sites for hydroxylation is 1. The predicted molar refractivity (Wildman–Crippen MR) is 139 cm³/mol. The van der Waals surface area contributed by atoms with E-state index in [0.29, 0.717) is 11.6 Å². The van der Waals surface area contributed by atoms with Gasteiger partial charge in [0, 0.05) is 30.0 Å². The third-order valence-corrected chi connectivity index (χ3v) is 10.3. The van der Waals surface area contributed by atoms with Gasteiger partial charge in [0.2, 0.25) is 15.9 Å². The van der Waals surface area contributed by atoms with E-state index in [2.05, 4.69) is 36.1 Å². The number of benzene rings is 1. The summed E-state index contributed by atoms with van der Waals surface area (Å²) in [6, 6.07) is 6.19. The molecule has 1 aliphatic carbocycles. The van der Waals surface area contributed by atoms with Crippen molar-refractivity contribution in [2.45, 2.75) is 50.0 Å². The minimum Gasteiger partial charge on any atom is -0.325 e. The molecule has 3 aromatic rings. The lowest BCUT2D eigenvalue weighted by atomic mass is 9.72. The number of aromatic nitrogens is 2. The van der Waals surface area contributed by atoms with E-state index in [1.165, 1.54) is 48.4 Å². The van der Waals surface area contributed by atoms with Crippen LogP contribution in [-0.2, 0) is 27.7 Å². The zero-order valence-corrected chi connectivity index (χ0v) is 22.5. The number of hydrogen-bond donors (Lipinski definition) is 1. The van der Waals surface area contributed by atoms with Crippen molar-refractivity contribution in [3.8, 4) is 0 Å². The number of hydrogen-bond acceptors (Lipinski definition) is 7. The number of amides is 1. The summed E-state index contributed by atoms with van der Waals surface area (Å²) in [4.78, 5) is 24.2. The molecule has 0 radical (unpaired) electrons. The molecule has 2 heterocycles. The molecule has 1 aliphatic rings. The molecular formula is C24H30N4O3S3. The Bertz CT molecular complexity index is 1310. The van der Waals surface area contributed by atoms with Crippen LogP contribution in [0.4, 0.5) is 5.69 Å². The average molecular weight is 519 g/mol. The van der Waals surface area contributed by atoms with E-state index in [1.807, 2.05) is 0 Å². The van der Waals surface area contributed by atoms with Crippen LogP contribution < -0.4 is 5.32 Å². The van der Waals surface area contributed by atoms with Gasteiger partial charge in [-0.05, 0) is 60.4 Å². The number of carbonyl (C=O) groups is 1. The Kier molecular flexibility index (Phi) is 7.06. The largest absolute Gasteiger partial charge is 0.325 e. The molecule has 1 N–H and O–H groups in total. The summed E-state index contributed by atoms with van der Waals surface area (Å²) in [6.07, 6.45) is 4.83. The number of carbonyl (C=O) groups excluding carboxylic acids is 1. The summed E-state index contributed by atoms with van der Waals surface area (Å²) < 4.78 is 25.6. The number of fused-ring (bicyclic) bond motifs is 3. The molecule has 34 heavy (non-hydrogen) atoms. The summed E-state index contributed by atoms with van der Waals surface area (Å²) in [6.45, 7) is 6.93. The minimum atomic E-state index is -3.50. The van der Waals surface area contributed by atoms with Crippen LogP contribution in [0.1, 0.15) is 37.6 Å². The summed E-state index contributed by atoms with van der Waals surface area (Å²) in [5.41, 5.74) is 2.18. The smallest absolute Gasteiger partial charge is 0.242 e. The quantitative estimate of drug-likeness (QED) is 0.371. The summed E-state index contributed by atoms with van der Waals surface area (Å²) in [5, 5.41) is 4.79. The highest BCUT2D eigenvalue weighted by Crippen LogP contribution is 2.44. The molecule has 2 aromatic heterocycles. The standard InChI is InChI=1S/C24H30N4O3S3/c1-24(2,3)15-6-11-18-19(12-15)33-23-21(18)22(25-14-26-23)32-13-20(29)27-16-7-9-17(10-8-16)34(30,31)28(4)5/h7-10,14-15H,6,11-13H2,1-5H3,(H,27,29)/t15-/m1/s1. The molecule has 0 unspecified atom stereocenters. The van der Waals surface area contributed by atoms with Crippen LogP contribution >= 0.6 is 23.1 Å². The Hall–Kier alpha value is -2.01. The summed E-state index contributed by atoms with van der Waals surface area (Å²) in [7, 11) is -0.528. The number of thioether (sulfide) groups is 1. The molecule has 0 bridgehead atoms. The third-order valence-electron chi connectivity index (χ3n) is 6.29. The van der Waals surface area contributed by atoms with E-state index in [1.54, 1.807) is 29.8 Å². The molecule has 0 saturated heterocycles. The van der Waals surface area contributed by atoms with Crippen molar-refractivity contribution < 1.29 is 13.2 Å². The van der Waals surface area contributed by atoms with Gasteiger partial charge in [-0.15, -0.1) is 11.3 Å². The molecule has 1 amide bonds. The summed E-state index contributed by atoms with van der Waals surface area (Å²) >= 11 is 3.17. The highest BCUT2D eigenvalue weighted by atomic mass is 32.2. The van der Waals surface area contributed by atoms with E-state index in [4.69, 9.17) is 0 Å². The SMILES string of the molecule is CN(C)S(=O)(=O)c1ccc(NC(=O)CSc2ncnc3sc4c(c23)CC[C@@H](C(C)(C)C)C4)cc1. The van der Waals surface area contributed by atoms with Crippen molar-refractivity contribution in [3.05, 3.63) is 41.0 Å². The van der Waals surface area contributed by atoms with E-state index >= 15 is 0 Å². The highest BCUT2D eigenvalue weighted by Gasteiger charge is 2.31. The fraction of sp³-hybridized carbons (Fsp3) is 0.458. The lowest BCUT2D eigenvalue weighted by molar-refractivity contribution is -0.113. The second kappa shape index (κ2) is 9.56. The van der Waals surface area contributed by atoms with Crippen LogP contribution in [0.2, 0.25) is 0 Å². The van der Waals surface area contributed by atoms with Gasteiger partial charge in [0.05, 0.1) is 10.6 Å². The lowest BCUT2D eigenvalue weighted by Crippen LogP contribution is -2.26. The Balaban J connectivity index is 1.45. The number of thiophene rings is 1. The van der Waals surface area contributed by atoms with Gasteiger partial charge in [-0.25, -0.2) is 22.7 Å². The van der Waals surface area contributed by atoms with Crippen LogP contribution in [0.5, 0.6) is 0 Å². The van der Waals surface area contributed by atoms with E-state index < -0.39 is 10.0 Å². The summed E-state index contributed by atoms with van der Waals surface area (Å²) in [5.74, 6) is 0.693. The maximum Gasteiger partial charge on any atom is 0.242 e. The van der Waals surface area contributed by atoms with Crippen molar-refractivity contribution in [2.75, 3.05) is 25.2 Å². The third kappa shape index (κ3) is 5.15. The molecule has 7 nitrogen and oxygen atoms in total. The van der Waals surface area contributed by atoms with Gasteiger partial charge in [-0.3, -0.25) is 4.79 Å². The molecule has 1 atom stereocenters. The second-order valence-electron chi connectivity index (χ2n) is 9.82. The van der Waals surface area contributed by atoms with Gasteiger partial charge in [0.25, 0.3) is 0 Å². The van der Waals surface area contributed by atoms with Crippen molar-refractivity contribution in [1.82, 2.24) is 14.3 Å². The number of rotatable bonds is 6. The molecule has 10 heteroatoms. The first-order valence-corrected chi connectivity index (χ1v) is 14.4. The predicted octanol–water partition coefficient (Wildman–Crippen LogP) is 4.82. The van der Waals surface area contributed by atoms with Crippen LogP contribution in [0, 0.1) is 11.3 Å². The molecule has 0 aliphatic heterocycles. The number of sulfonamides is 1. The molecule has 0 fully saturated rings. The fourth-order valence-electron chi connectivity index (χ4n) is 4.18. The Morgan fingerprint density at radius 2 is 1.91 bits per heavy atom. The van der Waals surface area contributed by atoms with Crippen LogP contribution in [0.3, 0.4) is 0 Å². The molecule has 0 spiro atoms. The van der Waals surface area contributed by atoms with Gasteiger partial charge in [-0.2, -0.15) is 0 Å². The number of anilines is 1. The monoisotopic (exact) mass is 518 g/mol. The number of nitrogens with zero attached hydrogens (tertiary/aromatic N) is 3. The first-order valence-electron chi connectivity index (χ1n) is 11.2. The zero-order chi connectivity index (χ0) is 24.7. The van der Waals surface area contributed by atoms with Gasteiger partial charge < -0.3 is 5.32 Å². The molecular weight excluding hydrogens is 488 g/mol. The van der Waals surface area contributed by atoms with Crippen LogP contribution in [0.15, 0.2) is 40.5 Å². The van der Waals surface area contributed by atoms with Gasteiger partial charge in [0.15, 0.2) is 0 Å². The van der Waals surface area contributed by atoms with Crippen molar-refractivity contribution >= 4 is 54.9 Å². The lowest BCUT2D eigenvalue weighted by Gasteiger charge is -2.33. The van der Waals surface area contributed by atoms with Gasteiger partial charge in [-0.1, -0.05) is 32.5 Å². The topological polar surface area (TPSA) is 92.3 Å². The highest BCUT2D eigenvalue weighted by molar-refractivity contribution is 8.00. The Morgan fingerprint density at radius 1 is 1.21 bits per heavy atom. The molecule has 1 aromatic carbocycles. The Morgan fingerprint density at radius 3 is 2.56 bits per heavy atom. The molecule has 4 rings (SSSR count).